The van der Waals surface area contributed by atoms with Gasteiger partial charge < -0.3 is 9.64 Å². The molecule has 1 aliphatic heterocycles. The molecule has 0 aromatic heterocycles. The predicted octanol–water partition coefficient (Wildman–Crippen LogP) is 4.05. The Balaban J connectivity index is 1.79. The van der Waals surface area contributed by atoms with Crippen LogP contribution in [0.1, 0.15) is 42.9 Å². The normalized spacial score (nSPS) is 18.1. The molecule has 160 valence electrons. The Bertz CT molecular complexity index is 993. The van der Waals surface area contributed by atoms with Gasteiger partial charge in [0.1, 0.15) is 5.75 Å². The summed E-state index contributed by atoms with van der Waals surface area (Å²) in [6, 6.07) is 15.3. The van der Waals surface area contributed by atoms with Gasteiger partial charge in [0.15, 0.2) is 9.84 Å². The third-order valence-corrected chi connectivity index (χ3v) is 7.22. The summed E-state index contributed by atoms with van der Waals surface area (Å²) in [5.74, 6) is 1.17. The third-order valence-electron chi connectivity index (χ3n) is 5.47. The van der Waals surface area contributed by atoms with Crippen LogP contribution in [0, 0.1) is 0 Å². The van der Waals surface area contributed by atoms with Crippen LogP contribution in [-0.2, 0) is 21.2 Å². The van der Waals surface area contributed by atoms with Gasteiger partial charge >= 0.3 is 0 Å². The average Bonchev–Trinajstić information content (AvgIpc) is 3.10. The highest BCUT2D eigenvalue weighted by atomic mass is 32.2. The van der Waals surface area contributed by atoms with Gasteiger partial charge in [-0.3, -0.25) is 4.79 Å². The summed E-state index contributed by atoms with van der Waals surface area (Å²) >= 11 is 0. The standard InChI is InChI=1S/C24H29NO4S/c1-18(2)21-9-4-20(5-10-21)16-25(22-14-15-30(27,28)17-22)24(26)13-8-19-6-11-23(29-3)12-7-19/h4-13,18,22H,14-17H2,1-3H3/b13-8+/t22-/m0/s1. The number of benzene rings is 2. The van der Waals surface area contributed by atoms with E-state index < -0.39 is 9.84 Å². The number of carbonyl (C=O) groups is 1. The summed E-state index contributed by atoms with van der Waals surface area (Å²) in [5, 5.41) is 0. The van der Waals surface area contributed by atoms with Crippen molar-refractivity contribution >= 4 is 21.8 Å². The maximum absolute atomic E-state index is 13.0. The van der Waals surface area contributed by atoms with E-state index in [0.717, 1.165) is 16.9 Å². The monoisotopic (exact) mass is 427 g/mol. The number of carbonyl (C=O) groups excluding carboxylic acids is 1. The number of nitrogens with zero attached hydrogens (tertiary/aromatic N) is 1. The van der Waals surface area contributed by atoms with Gasteiger partial charge in [0.2, 0.25) is 5.91 Å². The first kappa shape index (κ1) is 22.1. The van der Waals surface area contributed by atoms with Crippen LogP contribution in [-0.4, -0.2) is 43.9 Å². The van der Waals surface area contributed by atoms with Crippen LogP contribution >= 0.6 is 0 Å². The number of ether oxygens (including phenoxy) is 1. The quantitative estimate of drug-likeness (QED) is 0.626. The van der Waals surface area contributed by atoms with E-state index in [1.807, 2.05) is 36.4 Å². The topological polar surface area (TPSA) is 63.7 Å². The van der Waals surface area contributed by atoms with Gasteiger partial charge in [0.25, 0.3) is 0 Å². The summed E-state index contributed by atoms with van der Waals surface area (Å²) in [6.07, 6.45) is 3.75. The second-order valence-corrected chi connectivity index (χ2v) is 10.3. The van der Waals surface area contributed by atoms with Gasteiger partial charge in [0, 0.05) is 18.7 Å². The molecule has 1 aliphatic rings. The molecule has 1 fully saturated rings. The van der Waals surface area contributed by atoms with Gasteiger partial charge in [-0.1, -0.05) is 50.2 Å². The molecule has 0 aliphatic carbocycles. The maximum Gasteiger partial charge on any atom is 0.247 e. The van der Waals surface area contributed by atoms with Crippen molar-refractivity contribution in [2.75, 3.05) is 18.6 Å². The molecule has 0 N–H and O–H groups in total. The van der Waals surface area contributed by atoms with E-state index in [4.69, 9.17) is 4.74 Å². The van der Waals surface area contributed by atoms with E-state index in [1.165, 1.54) is 11.6 Å². The van der Waals surface area contributed by atoms with Crippen LogP contribution in [0.15, 0.2) is 54.6 Å². The van der Waals surface area contributed by atoms with Gasteiger partial charge in [-0.05, 0) is 47.2 Å². The Morgan fingerprint density at radius 1 is 1.13 bits per heavy atom. The van der Waals surface area contributed by atoms with Crippen molar-refractivity contribution in [2.24, 2.45) is 0 Å². The lowest BCUT2D eigenvalue weighted by atomic mass is 10.0. The molecule has 1 amide bonds. The highest BCUT2D eigenvalue weighted by molar-refractivity contribution is 7.91. The van der Waals surface area contributed by atoms with Crippen molar-refractivity contribution in [3.8, 4) is 5.75 Å². The summed E-state index contributed by atoms with van der Waals surface area (Å²) in [4.78, 5) is 14.7. The molecule has 5 nitrogen and oxygen atoms in total. The fourth-order valence-corrected chi connectivity index (χ4v) is 5.32. The van der Waals surface area contributed by atoms with Gasteiger partial charge in [-0.25, -0.2) is 8.42 Å². The number of sulfone groups is 1. The largest absolute Gasteiger partial charge is 0.497 e. The number of methoxy groups -OCH3 is 1. The van der Waals surface area contributed by atoms with Crippen LogP contribution in [0.4, 0.5) is 0 Å². The zero-order valence-corrected chi connectivity index (χ0v) is 18.6. The molecule has 0 bridgehead atoms. The molecule has 0 saturated carbocycles. The van der Waals surface area contributed by atoms with Crippen molar-refractivity contribution < 1.29 is 17.9 Å². The first-order valence-electron chi connectivity index (χ1n) is 10.2. The highest BCUT2D eigenvalue weighted by Crippen LogP contribution is 2.22. The second-order valence-electron chi connectivity index (χ2n) is 8.03. The van der Waals surface area contributed by atoms with Crippen LogP contribution in [0.3, 0.4) is 0 Å². The molecule has 1 atom stereocenters. The van der Waals surface area contributed by atoms with Crippen LogP contribution in [0.2, 0.25) is 0 Å². The van der Waals surface area contributed by atoms with Crippen molar-refractivity contribution in [1.29, 1.82) is 0 Å². The maximum atomic E-state index is 13.0. The highest BCUT2D eigenvalue weighted by Gasteiger charge is 2.34. The second kappa shape index (κ2) is 9.47. The lowest BCUT2D eigenvalue weighted by Crippen LogP contribution is -2.39. The number of rotatable bonds is 7. The van der Waals surface area contributed by atoms with Crippen LogP contribution in [0.25, 0.3) is 6.08 Å². The Morgan fingerprint density at radius 2 is 1.80 bits per heavy atom. The van der Waals surface area contributed by atoms with Crippen molar-refractivity contribution in [3.63, 3.8) is 0 Å². The molecular weight excluding hydrogens is 398 g/mol. The van der Waals surface area contributed by atoms with Gasteiger partial charge in [-0.2, -0.15) is 0 Å². The minimum Gasteiger partial charge on any atom is -0.497 e. The predicted molar refractivity (Wildman–Crippen MR) is 120 cm³/mol. The van der Waals surface area contributed by atoms with E-state index in [9.17, 15) is 13.2 Å². The smallest absolute Gasteiger partial charge is 0.247 e. The lowest BCUT2D eigenvalue weighted by molar-refractivity contribution is -0.128. The molecule has 2 aromatic rings. The first-order valence-corrected chi connectivity index (χ1v) is 12.0. The molecule has 1 heterocycles. The molecule has 0 radical (unpaired) electrons. The molecule has 1 saturated heterocycles. The first-order chi connectivity index (χ1) is 14.3. The molecular formula is C24H29NO4S. The minimum atomic E-state index is -3.09. The molecule has 0 spiro atoms. The van der Waals surface area contributed by atoms with Crippen molar-refractivity contribution in [3.05, 3.63) is 71.3 Å². The number of amides is 1. The van der Waals surface area contributed by atoms with E-state index in [2.05, 4.69) is 26.0 Å². The van der Waals surface area contributed by atoms with E-state index >= 15 is 0 Å². The Kier molecular flexibility index (Phi) is 6.98. The zero-order chi connectivity index (χ0) is 21.7. The van der Waals surface area contributed by atoms with E-state index in [1.54, 1.807) is 18.1 Å². The van der Waals surface area contributed by atoms with Gasteiger partial charge in [0.05, 0.1) is 18.6 Å². The molecule has 3 rings (SSSR count). The summed E-state index contributed by atoms with van der Waals surface area (Å²) < 4.78 is 29.2. The van der Waals surface area contributed by atoms with E-state index in [-0.39, 0.29) is 23.5 Å². The van der Waals surface area contributed by atoms with Crippen LogP contribution < -0.4 is 4.74 Å². The van der Waals surface area contributed by atoms with E-state index in [0.29, 0.717) is 18.9 Å². The molecule has 0 unspecified atom stereocenters. The SMILES string of the molecule is COc1ccc(/C=C/C(=O)N(Cc2ccc(C(C)C)cc2)[C@H]2CCS(=O)(=O)C2)cc1. The lowest BCUT2D eigenvalue weighted by Gasteiger charge is -2.27. The number of hydrogen-bond donors (Lipinski definition) is 0. The number of hydrogen-bond acceptors (Lipinski definition) is 4. The molecule has 6 heteroatoms. The average molecular weight is 428 g/mol. The third kappa shape index (κ3) is 5.72. The Hall–Kier alpha value is -2.60. The summed E-state index contributed by atoms with van der Waals surface area (Å²) in [7, 11) is -1.48. The summed E-state index contributed by atoms with van der Waals surface area (Å²) in [5.41, 5.74) is 3.11. The Labute approximate surface area is 179 Å². The summed E-state index contributed by atoms with van der Waals surface area (Å²) in [6.45, 7) is 4.67. The minimum absolute atomic E-state index is 0.0270. The molecule has 2 aromatic carbocycles. The van der Waals surface area contributed by atoms with Gasteiger partial charge in [-0.15, -0.1) is 0 Å². The molecule has 30 heavy (non-hydrogen) atoms. The van der Waals surface area contributed by atoms with Crippen molar-refractivity contribution in [2.45, 2.75) is 38.8 Å². The van der Waals surface area contributed by atoms with Crippen molar-refractivity contribution in [1.82, 2.24) is 4.90 Å². The fourth-order valence-electron chi connectivity index (χ4n) is 3.59. The fraction of sp³-hybridized carbons (Fsp3) is 0.375. The Morgan fingerprint density at radius 3 is 2.33 bits per heavy atom. The van der Waals surface area contributed by atoms with Crippen LogP contribution in [0.5, 0.6) is 5.75 Å². The zero-order valence-electron chi connectivity index (χ0n) is 17.7.